The van der Waals surface area contributed by atoms with Gasteiger partial charge in [0, 0.05) is 12.8 Å². The number of nitrogens with zero attached hydrogens (tertiary/aromatic N) is 3. The Hall–Kier alpha value is -3.66. The Kier molecular flexibility index (Phi) is 9.01. The summed E-state index contributed by atoms with van der Waals surface area (Å²) in [6.07, 6.45) is 11.3. The summed E-state index contributed by atoms with van der Waals surface area (Å²) >= 11 is 1.25. The molecule has 0 saturated carbocycles. The van der Waals surface area contributed by atoms with Crippen molar-refractivity contribution in [2.24, 2.45) is 5.73 Å². The minimum Gasteiger partial charge on any atom is -0.442 e. The number of carbonyl (C=O) groups is 2. The number of aromatic nitrogens is 4. The smallest absolute Gasteiger partial charge is 0.263 e. The lowest BCUT2D eigenvalue weighted by Gasteiger charge is -2.00. The minimum atomic E-state index is -0.410. The van der Waals surface area contributed by atoms with E-state index in [-0.39, 0.29) is 17.5 Å². The van der Waals surface area contributed by atoms with Gasteiger partial charge in [-0.3, -0.25) is 14.6 Å². The summed E-state index contributed by atoms with van der Waals surface area (Å²) in [6.45, 7) is 0. The van der Waals surface area contributed by atoms with Crippen LogP contribution >= 0.6 is 11.3 Å². The van der Waals surface area contributed by atoms with E-state index in [4.69, 9.17) is 10.2 Å². The molecule has 1 amide bonds. The zero-order valence-corrected chi connectivity index (χ0v) is 18.7. The van der Waals surface area contributed by atoms with Gasteiger partial charge in [0.05, 0.1) is 29.8 Å². The number of Topliss-reactive ketones (excluding diaryl/α,β-unsaturated/α-hetero) is 1. The summed E-state index contributed by atoms with van der Waals surface area (Å²) in [5.74, 6) is 0.427. The van der Waals surface area contributed by atoms with E-state index in [0.717, 1.165) is 49.2 Å². The number of nitrogens with two attached hydrogens (primary N) is 1. The molecule has 3 N–H and O–H groups in total. The molecule has 0 unspecified atom stereocenters. The Morgan fingerprint density at radius 2 is 1.85 bits per heavy atom. The van der Waals surface area contributed by atoms with Crippen LogP contribution in [-0.4, -0.2) is 31.6 Å². The number of thiazole rings is 1. The van der Waals surface area contributed by atoms with Crippen LogP contribution in [0.3, 0.4) is 0 Å². The Morgan fingerprint density at radius 1 is 1.06 bits per heavy atom. The first-order valence-electron chi connectivity index (χ1n) is 10.4. The Bertz CT molecular complexity index is 1130. The van der Waals surface area contributed by atoms with Gasteiger partial charge in [-0.05, 0) is 42.7 Å². The summed E-state index contributed by atoms with van der Waals surface area (Å²) < 4.78 is 17.9. The summed E-state index contributed by atoms with van der Waals surface area (Å²) in [6, 6.07) is 6.35. The van der Waals surface area contributed by atoms with Crippen LogP contribution in [-0.2, 0) is 6.42 Å². The van der Waals surface area contributed by atoms with Crippen molar-refractivity contribution >= 4 is 23.0 Å². The molecule has 3 heterocycles. The van der Waals surface area contributed by atoms with Gasteiger partial charge in [-0.15, -0.1) is 11.3 Å². The van der Waals surface area contributed by atoms with Crippen molar-refractivity contribution in [3.63, 3.8) is 0 Å². The van der Waals surface area contributed by atoms with Crippen LogP contribution in [0.1, 0.15) is 58.3 Å². The highest BCUT2D eigenvalue weighted by Crippen LogP contribution is 2.18. The van der Waals surface area contributed by atoms with Gasteiger partial charge < -0.3 is 15.1 Å². The number of aryl methyl sites for hydroxylation is 1. The van der Waals surface area contributed by atoms with Crippen molar-refractivity contribution < 1.29 is 18.4 Å². The number of aromatic amines is 1. The summed E-state index contributed by atoms with van der Waals surface area (Å²) in [4.78, 5) is 37.6. The maximum Gasteiger partial charge on any atom is 0.263 e. The van der Waals surface area contributed by atoms with E-state index in [1.807, 2.05) is 0 Å². The number of halogens is 1. The third-order valence-corrected chi connectivity index (χ3v) is 5.48. The molecular formula is C23H24FN5O3S. The van der Waals surface area contributed by atoms with Gasteiger partial charge in [0.15, 0.2) is 0 Å². The average Bonchev–Trinajstić information content (AvgIpc) is 3.59. The van der Waals surface area contributed by atoms with Crippen molar-refractivity contribution in [2.45, 2.75) is 38.5 Å². The molecule has 0 aliphatic rings. The lowest BCUT2D eigenvalue weighted by Crippen LogP contribution is -2.08. The number of hydrogen-bond donors (Lipinski definition) is 2. The van der Waals surface area contributed by atoms with Gasteiger partial charge in [-0.25, -0.2) is 14.4 Å². The monoisotopic (exact) mass is 469 g/mol. The molecule has 172 valence electrons. The second kappa shape index (κ2) is 12.4. The maximum absolute atomic E-state index is 13.0. The second-order valence-electron chi connectivity index (χ2n) is 7.16. The van der Waals surface area contributed by atoms with Gasteiger partial charge in [0.2, 0.25) is 5.78 Å². The fourth-order valence-corrected chi connectivity index (χ4v) is 3.48. The molecular weight excluding hydrogens is 445 g/mol. The zero-order valence-electron chi connectivity index (χ0n) is 17.9. The predicted molar refractivity (Wildman–Crippen MR) is 122 cm³/mol. The van der Waals surface area contributed by atoms with Gasteiger partial charge in [-0.2, -0.15) is 0 Å². The highest BCUT2D eigenvalue weighted by Gasteiger charge is 2.09. The highest BCUT2D eigenvalue weighted by molar-refractivity contribution is 7.11. The number of primary amides is 1. The molecule has 0 spiro atoms. The highest BCUT2D eigenvalue weighted by atomic mass is 32.1. The normalized spacial score (nSPS) is 10.5. The van der Waals surface area contributed by atoms with Crippen LogP contribution in [0.4, 0.5) is 4.39 Å². The summed E-state index contributed by atoms with van der Waals surface area (Å²) in [7, 11) is 0. The standard InChI is InChI=1S/C19H20FN3O2.C4H4N2OS/c20-15-9-7-14(8-10-15)16-13-22-18(23-16)6-4-2-1-3-5-17(24)19-21-11-12-25-19;5-4(7)3-1-6-2-8-3/h7-13H,1-6H2,(H,22,23);1-2H,(H2,5,7). The van der Waals surface area contributed by atoms with E-state index in [2.05, 4.69) is 19.9 Å². The van der Waals surface area contributed by atoms with Crippen molar-refractivity contribution in [2.75, 3.05) is 0 Å². The third kappa shape index (κ3) is 7.76. The molecule has 0 aliphatic heterocycles. The number of ketones is 1. The number of oxazole rings is 1. The SMILES string of the molecule is NC(=O)c1cncs1.O=C(CCCCCCc1ncc(-c2ccc(F)cc2)[nH]1)c1ncco1. The van der Waals surface area contributed by atoms with Crippen LogP contribution < -0.4 is 5.73 Å². The number of imidazole rings is 1. The van der Waals surface area contributed by atoms with Gasteiger partial charge in [0.25, 0.3) is 11.8 Å². The molecule has 4 rings (SSSR count). The molecule has 33 heavy (non-hydrogen) atoms. The summed E-state index contributed by atoms with van der Waals surface area (Å²) in [5.41, 5.74) is 8.28. The van der Waals surface area contributed by atoms with Gasteiger partial charge in [-0.1, -0.05) is 12.8 Å². The Balaban J connectivity index is 0.000000323. The number of hydrogen-bond acceptors (Lipinski definition) is 7. The van der Waals surface area contributed by atoms with Crippen molar-refractivity contribution in [1.82, 2.24) is 19.9 Å². The molecule has 0 aliphatic carbocycles. The van der Waals surface area contributed by atoms with Crippen LogP contribution in [0, 0.1) is 5.82 Å². The molecule has 0 fully saturated rings. The number of benzene rings is 1. The molecule has 0 saturated heterocycles. The maximum atomic E-state index is 13.0. The van der Waals surface area contributed by atoms with Crippen LogP contribution in [0.25, 0.3) is 11.3 Å². The first kappa shape index (κ1) is 24.0. The second-order valence-corrected chi connectivity index (χ2v) is 8.04. The first-order chi connectivity index (χ1) is 16.0. The molecule has 0 radical (unpaired) electrons. The number of carbonyl (C=O) groups excluding carboxylic acids is 2. The molecule has 1 aromatic carbocycles. The quantitative estimate of drug-likeness (QED) is 0.253. The van der Waals surface area contributed by atoms with Gasteiger partial charge in [0.1, 0.15) is 22.8 Å². The molecule has 4 aromatic rings. The third-order valence-electron chi connectivity index (χ3n) is 4.70. The van der Waals surface area contributed by atoms with Crippen LogP contribution in [0.15, 0.2) is 59.0 Å². The van der Waals surface area contributed by atoms with E-state index in [0.29, 0.717) is 11.3 Å². The number of unbranched alkanes of at least 4 members (excludes halogenated alkanes) is 3. The Labute approximate surface area is 194 Å². The van der Waals surface area contributed by atoms with Crippen molar-refractivity contribution in [3.8, 4) is 11.3 Å². The topological polar surface area (TPSA) is 128 Å². The van der Waals surface area contributed by atoms with E-state index in [1.54, 1.807) is 23.8 Å². The van der Waals surface area contributed by atoms with Gasteiger partial charge >= 0.3 is 0 Å². The van der Waals surface area contributed by atoms with Crippen LogP contribution in [0.5, 0.6) is 0 Å². The average molecular weight is 470 g/mol. The van der Waals surface area contributed by atoms with E-state index in [1.165, 1.54) is 42.1 Å². The summed E-state index contributed by atoms with van der Waals surface area (Å²) in [5, 5.41) is 0. The van der Waals surface area contributed by atoms with E-state index < -0.39 is 5.91 Å². The van der Waals surface area contributed by atoms with E-state index >= 15 is 0 Å². The minimum absolute atomic E-state index is 0.0417. The number of amides is 1. The largest absolute Gasteiger partial charge is 0.442 e. The molecule has 3 aromatic heterocycles. The number of nitrogens with one attached hydrogen (secondary N) is 1. The first-order valence-corrected chi connectivity index (χ1v) is 11.3. The Morgan fingerprint density at radius 3 is 2.48 bits per heavy atom. The number of H-pyrrole nitrogens is 1. The lowest BCUT2D eigenvalue weighted by atomic mass is 10.1. The van der Waals surface area contributed by atoms with E-state index in [9.17, 15) is 14.0 Å². The van der Waals surface area contributed by atoms with Crippen molar-refractivity contribution in [3.05, 3.63) is 77.0 Å². The molecule has 0 bridgehead atoms. The molecule has 8 nitrogen and oxygen atoms in total. The van der Waals surface area contributed by atoms with Crippen LogP contribution in [0.2, 0.25) is 0 Å². The molecule has 10 heteroatoms. The fourth-order valence-electron chi connectivity index (χ4n) is 3.00. The zero-order chi connectivity index (χ0) is 23.5. The fraction of sp³-hybridized carbons (Fsp3) is 0.261. The lowest BCUT2D eigenvalue weighted by molar-refractivity contribution is 0.0944. The number of rotatable bonds is 10. The van der Waals surface area contributed by atoms with Crippen molar-refractivity contribution in [1.29, 1.82) is 0 Å². The molecule has 0 atom stereocenters. The predicted octanol–water partition coefficient (Wildman–Crippen LogP) is 4.82.